The molecule has 0 spiro atoms. The van der Waals surface area contributed by atoms with Crippen LogP contribution in [0.4, 0.5) is 22.7 Å². The van der Waals surface area contributed by atoms with E-state index in [0.29, 0.717) is 17.1 Å². The summed E-state index contributed by atoms with van der Waals surface area (Å²) in [7, 11) is 0. The van der Waals surface area contributed by atoms with Crippen molar-refractivity contribution in [2.45, 2.75) is 105 Å². The standard InChI is InChI=1S/C70H67N4O.Pt/c1-67(2,3)49-33-31-47(32-34-49)46-27-29-48(30-28-46)55-22-18-23-59(56-37-35-50(68(4,5)6)41-60(56)70(10,11)12)66(55)73-45-72(62-25-15-16-26-63(62)73)52-19-17-20-53(43-52)75-54-36-38-58-57-21-13-14-24-61(57)74(64(58)44-54)65-42-51(39-40-71-65)69(7,8)9;/h13-42,45H,1-12H3;/q-3;/i29D,30D;. The Morgan fingerprint density at radius 1 is 0.487 bits per heavy atom. The van der Waals surface area contributed by atoms with Gasteiger partial charge in [0.25, 0.3) is 0 Å². The molecule has 1 aliphatic rings. The summed E-state index contributed by atoms with van der Waals surface area (Å²) in [5, 5.41) is 2.18. The van der Waals surface area contributed by atoms with Crippen molar-refractivity contribution in [3.8, 4) is 50.7 Å². The number of fused-ring (bicyclic) bond motifs is 4. The number of anilines is 4. The van der Waals surface area contributed by atoms with Crippen LogP contribution in [0.1, 0.15) is 108 Å². The number of aromatic nitrogens is 2. The number of para-hydroxylation sites is 4. The third kappa shape index (κ3) is 9.91. The number of hydrogen-bond donors (Lipinski definition) is 0. The van der Waals surface area contributed by atoms with E-state index in [1.807, 2.05) is 36.5 Å². The molecule has 1 aliphatic heterocycles. The fraction of sp³-hybridized carbons (Fsp3) is 0.229. The van der Waals surface area contributed by atoms with Crippen LogP contribution in [0.3, 0.4) is 0 Å². The second-order valence-corrected chi connectivity index (χ2v) is 24.1. The van der Waals surface area contributed by atoms with Crippen molar-refractivity contribution in [2.75, 3.05) is 9.80 Å². The SMILES string of the molecule is [2H]c1cc(-c2ccc(C(C)(C)C)cc2)cc([2H])c1-c1cccc(-c2ccc(C(C)(C)C)cc2C(C)(C)C)c1N1[CH-]N(c2[c-]c(Oc3[c-]c4c(cc3)c3ccccc3n4-c3cc(C(C)(C)C)ccn3)ccc2)c2ccccc21.[Pt]. The maximum atomic E-state index is 9.77. The molecule has 0 atom stereocenters. The van der Waals surface area contributed by atoms with Crippen molar-refractivity contribution >= 4 is 44.6 Å². The predicted octanol–water partition coefficient (Wildman–Crippen LogP) is 19.2. The molecular formula is C70H67N4OPt-3. The summed E-state index contributed by atoms with van der Waals surface area (Å²) in [4.78, 5) is 9.28. The Hall–Kier alpha value is -7.20. The van der Waals surface area contributed by atoms with E-state index in [-0.39, 0.29) is 54.8 Å². The second kappa shape index (κ2) is 19.7. The number of nitrogens with zero attached hydrogens (tertiary/aromatic N) is 4. The first-order valence-corrected chi connectivity index (χ1v) is 26.2. The maximum absolute atomic E-state index is 9.77. The molecule has 0 radical (unpaired) electrons. The van der Waals surface area contributed by atoms with E-state index in [0.717, 1.165) is 78.2 Å². The van der Waals surface area contributed by atoms with Gasteiger partial charge in [0.1, 0.15) is 5.82 Å². The van der Waals surface area contributed by atoms with Gasteiger partial charge in [0, 0.05) is 72.5 Å². The van der Waals surface area contributed by atoms with Crippen LogP contribution >= 0.6 is 0 Å². The van der Waals surface area contributed by atoms with E-state index in [2.05, 4.69) is 250 Å². The van der Waals surface area contributed by atoms with Crippen LogP contribution in [0, 0.1) is 18.8 Å². The first kappa shape index (κ1) is 49.7. The topological polar surface area (TPSA) is 33.5 Å². The van der Waals surface area contributed by atoms with Crippen LogP contribution in [0.2, 0.25) is 0 Å². The van der Waals surface area contributed by atoms with E-state index in [9.17, 15) is 2.74 Å². The van der Waals surface area contributed by atoms with Crippen LogP contribution in [0.15, 0.2) is 182 Å². The summed E-state index contributed by atoms with van der Waals surface area (Å²) in [5.41, 5.74) is 15.4. The summed E-state index contributed by atoms with van der Waals surface area (Å²) in [6, 6.07) is 64.6. The van der Waals surface area contributed by atoms with Gasteiger partial charge in [-0.3, -0.25) is 0 Å². The molecule has 11 rings (SSSR count). The van der Waals surface area contributed by atoms with Crippen LogP contribution in [-0.2, 0) is 42.7 Å². The Balaban J connectivity index is 0.00000688. The molecule has 386 valence electrons. The Morgan fingerprint density at radius 3 is 1.79 bits per heavy atom. The zero-order valence-electron chi connectivity index (χ0n) is 47.8. The second-order valence-electron chi connectivity index (χ2n) is 24.1. The van der Waals surface area contributed by atoms with E-state index in [1.54, 1.807) is 0 Å². The van der Waals surface area contributed by atoms with Crippen molar-refractivity contribution in [1.29, 1.82) is 0 Å². The number of rotatable bonds is 8. The minimum absolute atomic E-state index is 0. The minimum atomic E-state index is -0.212. The van der Waals surface area contributed by atoms with Crippen LogP contribution < -0.4 is 14.5 Å². The molecule has 3 heterocycles. The van der Waals surface area contributed by atoms with E-state index in [4.69, 9.17) is 9.72 Å². The van der Waals surface area contributed by atoms with Crippen LogP contribution in [0.5, 0.6) is 11.5 Å². The van der Waals surface area contributed by atoms with Gasteiger partial charge in [0.05, 0.1) is 2.74 Å². The quantitative estimate of drug-likeness (QED) is 0.142. The normalized spacial score (nSPS) is 13.4. The van der Waals surface area contributed by atoms with Gasteiger partial charge in [-0.25, -0.2) is 4.98 Å². The third-order valence-electron chi connectivity index (χ3n) is 14.6. The molecule has 0 unspecified atom stereocenters. The number of pyridine rings is 1. The molecule has 5 nitrogen and oxygen atoms in total. The van der Waals surface area contributed by atoms with Gasteiger partial charge >= 0.3 is 0 Å². The van der Waals surface area contributed by atoms with Gasteiger partial charge in [-0.15, -0.1) is 48.1 Å². The van der Waals surface area contributed by atoms with Crippen molar-refractivity contribution in [3.05, 3.63) is 223 Å². The Labute approximate surface area is 468 Å². The molecule has 6 heteroatoms. The first-order chi connectivity index (χ1) is 36.5. The molecule has 10 aromatic rings. The van der Waals surface area contributed by atoms with E-state index < -0.39 is 0 Å². The summed E-state index contributed by atoms with van der Waals surface area (Å²) in [6.45, 7) is 29.0. The summed E-state index contributed by atoms with van der Waals surface area (Å²) < 4.78 is 28.5. The Kier molecular flexibility index (Phi) is 12.9. The smallest absolute Gasteiger partial charge is 0.135 e. The van der Waals surface area contributed by atoms with E-state index in [1.165, 1.54) is 22.3 Å². The van der Waals surface area contributed by atoms with Gasteiger partial charge < -0.3 is 19.1 Å². The summed E-state index contributed by atoms with van der Waals surface area (Å²) in [5.74, 6) is 1.93. The molecule has 0 N–H and O–H groups in total. The molecule has 0 saturated carbocycles. The Bertz CT molecular complexity index is 3880. The Morgan fingerprint density at radius 2 is 1.09 bits per heavy atom. The zero-order chi connectivity index (χ0) is 54.3. The van der Waals surface area contributed by atoms with Crippen molar-refractivity contribution in [2.24, 2.45) is 0 Å². The van der Waals surface area contributed by atoms with Gasteiger partial charge in [-0.1, -0.05) is 204 Å². The van der Waals surface area contributed by atoms with Crippen molar-refractivity contribution in [3.63, 3.8) is 0 Å². The van der Waals surface area contributed by atoms with Crippen LogP contribution in [-0.4, -0.2) is 9.55 Å². The van der Waals surface area contributed by atoms with Crippen molar-refractivity contribution in [1.82, 2.24) is 9.55 Å². The zero-order valence-corrected chi connectivity index (χ0v) is 48.0. The summed E-state index contributed by atoms with van der Waals surface area (Å²) in [6.07, 6.45) is 1.89. The number of hydrogen-bond acceptors (Lipinski definition) is 4. The molecule has 0 saturated heterocycles. The molecule has 0 bridgehead atoms. The van der Waals surface area contributed by atoms with E-state index >= 15 is 0 Å². The molecular weight excluding hydrogens is 1110 g/mol. The molecule has 76 heavy (non-hydrogen) atoms. The van der Waals surface area contributed by atoms with Gasteiger partial charge in [0.2, 0.25) is 0 Å². The average Bonchev–Trinajstić information content (AvgIpc) is 4.03. The molecule has 0 aliphatic carbocycles. The largest absolute Gasteiger partial charge is 0.509 e. The fourth-order valence-electron chi connectivity index (χ4n) is 10.4. The third-order valence-corrected chi connectivity index (χ3v) is 14.6. The predicted molar refractivity (Wildman–Crippen MR) is 315 cm³/mol. The molecule has 8 aromatic carbocycles. The minimum Gasteiger partial charge on any atom is -0.509 e. The molecule has 0 amide bonds. The first-order valence-electron chi connectivity index (χ1n) is 27.2. The number of ether oxygens (including phenoxy) is 1. The molecule has 2 aromatic heterocycles. The average molecular weight is 1180 g/mol. The molecule has 0 fully saturated rings. The van der Waals surface area contributed by atoms with Crippen LogP contribution in [0.25, 0.3) is 61.0 Å². The number of benzene rings is 8. The van der Waals surface area contributed by atoms with Gasteiger partial charge in [-0.2, -0.15) is 12.1 Å². The van der Waals surface area contributed by atoms with Crippen molar-refractivity contribution < 1.29 is 28.5 Å². The van der Waals surface area contributed by atoms with Gasteiger partial charge in [0.15, 0.2) is 0 Å². The van der Waals surface area contributed by atoms with Gasteiger partial charge in [-0.05, 0) is 102 Å². The maximum Gasteiger partial charge on any atom is 0.135 e. The summed E-state index contributed by atoms with van der Waals surface area (Å²) >= 11 is 0. The monoisotopic (exact) mass is 1180 g/mol. The fourth-order valence-corrected chi connectivity index (χ4v) is 10.4.